The fourth-order valence-corrected chi connectivity index (χ4v) is 8.05. The first-order chi connectivity index (χ1) is 27.4. The number of aliphatic hydroxyl groups excluding tert-OH is 1. The van der Waals surface area contributed by atoms with Gasteiger partial charge >= 0.3 is 12.1 Å². The molecule has 0 bridgehead atoms. The minimum Gasteiger partial charge on any atom is -0.465 e. The molecule has 5 amide bonds. The summed E-state index contributed by atoms with van der Waals surface area (Å²) in [4.78, 5) is 66.3. The predicted molar refractivity (Wildman–Crippen MR) is 225 cm³/mol. The van der Waals surface area contributed by atoms with Crippen molar-refractivity contribution in [2.45, 2.75) is 105 Å². The Labute approximate surface area is 345 Å². The fraction of sp³-hybridized carbons (Fsp3) is 0.455. The van der Waals surface area contributed by atoms with E-state index >= 15 is 0 Å². The third-order valence-electron chi connectivity index (χ3n) is 10.3. The van der Waals surface area contributed by atoms with Gasteiger partial charge in [-0.3, -0.25) is 14.6 Å². The Bertz CT molecular complexity index is 2000. The van der Waals surface area contributed by atoms with Crippen molar-refractivity contribution in [2.24, 2.45) is 10.8 Å². The average molecular weight is 812 g/mol. The molecular formula is C44H57N7O6S. The molecule has 310 valence electrons. The van der Waals surface area contributed by atoms with Gasteiger partial charge in [0.05, 0.1) is 35.1 Å². The van der Waals surface area contributed by atoms with Gasteiger partial charge in [0.15, 0.2) is 0 Å². The molecule has 3 heterocycles. The van der Waals surface area contributed by atoms with E-state index in [4.69, 9.17) is 0 Å². The molecule has 0 aliphatic carbocycles. The smallest absolute Gasteiger partial charge is 0.405 e. The van der Waals surface area contributed by atoms with Gasteiger partial charge in [0.2, 0.25) is 11.8 Å². The largest absolute Gasteiger partial charge is 0.465 e. The Kier molecular flexibility index (Phi) is 14.3. The number of carboxylic acid groups (broad SMARTS) is 1. The van der Waals surface area contributed by atoms with Crippen molar-refractivity contribution in [1.29, 1.82) is 0 Å². The Morgan fingerprint density at radius 2 is 1.50 bits per heavy atom. The Balaban J connectivity index is 1.41. The monoisotopic (exact) mass is 811 g/mol. The summed E-state index contributed by atoms with van der Waals surface area (Å²) in [6, 6.07) is 19.3. The number of aromatic nitrogens is 2. The van der Waals surface area contributed by atoms with Crippen LogP contribution >= 0.6 is 11.3 Å². The lowest BCUT2D eigenvalue weighted by atomic mass is 9.84. The highest BCUT2D eigenvalue weighted by atomic mass is 32.1. The summed E-state index contributed by atoms with van der Waals surface area (Å²) in [6.07, 6.45) is -0.153. The Morgan fingerprint density at radius 3 is 2.09 bits per heavy atom. The van der Waals surface area contributed by atoms with Crippen LogP contribution in [0.1, 0.15) is 69.8 Å². The number of aliphatic hydroxyl groups is 1. The van der Waals surface area contributed by atoms with Crippen LogP contribution < -0.4 is 16.0 Å². The number of carbonyl (C=O) groups is 4. The van der Waals surface area contributed by atoms with Crippen LogP contribution in [0.3, 0.4) is 0 Å². The molecule has 2 aromatic carbocycles. The lowest BCUT2D eigenvalue weighted by molar-refractivity contribution is -0.131. The zero-order valence-corrected chi connectivity index (χ0v) is 35.3. The minimum absolute atomic E-state index is 0.0269. The summed E-state index contributed by atoms with van der Waals surface area (Å²) in [5, 5.41) is 33.1. The van der Waals surface area contributed by atoms with Crippen molar-refractivity contribution in [1.82, 2.24) is 35.7 Å². The molecule has 0 spiro atoms. The highest BCUT2D eigenvalue weighted by Gasteiger charge is 2.44. The summed E-state index contributed by atoms with van der Waals surface area (Å²) < 4.78 is 0. The van der Waals surface area contributed by atoms with Gasteiger partial charge in [0.1, 0.15) is 12.1 Å². The van der Waals surface area contributed by atoms with Gasteiger partial charge < -0.3 is 36.0 Å². The molecule has 0 unspecified atom stereocenters. The number of thiazole rings is 1. The summed E-state index contributed by atoms with van der Waals surface area (Å²) in [6.45, 7) is 14.1. The molecule has 5 atom stereocenters. The third kappa shape index (κ3) is 11.9. The molecule has 2 aromatic heterocycles. The van der Waals surface area contributed by atoms with Gasteiger partial charge in [0, 0.05) is 36.3 Å². The van der Waals surface area contributed by atoms with Gasteiger partial charge in [-0.25, -0.2) is 14.6 Å². The molecule has 13 nitrogen and oxygen atoms in total. The number of urea groups is 1. The molecule has 5 N–H and O–H groups in total. The van der Waals surface area contributed by atoms with Gasteiger partial charge in [-0.15, -0.1) is 11.3 Å². The normalized spacial score (nSPS) is 16.0. The number of hydrogen-bond donors (Lipinski definition) is 5. The SMILES string of the molecule is Cc1nc(CN2CCN([C@H](C(=O)N[C@@H](Cc3ccccc3)[C@@H](O)C[C@H](Cc3ccc(-c4ccccn4)cc3)NC(=O)[C@@H](NC(=O)O)C(C)(C)C)C(C)(C)C)C2=O)cs1. The number of nitrogens with zero attached hydrogens (tertiary/aromatic N) is 4. The van der Waals surface area contributed by atoms with Crippen LogP contribution in [0.15, 0.2) is 84.4 Å². The summed E-state index contributed by atoms with van der Waals surface area (Å²) >= 11 is 1.52. The Morgan fingerprint density at radius 1 is 0.828 bits per heavy atom. The average Bonchev–Trinajstić information content (AvgIpc) is 3.73. The number of aryl methyl sites for hydroxylation is 1. The maximum atomic E-state index is 14.5. The van der Waals surface area contributed by atoms with Crippen LogP contribution in [0.5, 0.6) is 0 Å². The second-order valence-corrected chi connectivity index (χ2v) is 18.3. The van der Waals surface area contributed by atoms with E-state index in [1.807, 2.05) is 106 Å². The summed E-state index contributed by atoms with van der Waals surface area (Å²) in [7, 11) is 0. The topological polar surface area (TPSA) is 177 Å². The van der Waals surface area contributed by atoms with E-state index in [0.29, 0.717) is 26.1 Å². The minimum atomic E-state index is -1.33. The molecule has 1 fully saturated rings. The van der Waals surface area contributed by atoms with E-state index < -0.39 is 59.0 Å². The van der Waals surface area contributed by atoms with Crippen LogP contribution in [-0.4, -0.2) is 97.3 Å². The zero-order chi connectivity index (χ0) is 42.2. The van der Waals surface area contributed by atoms with E-state index in [-0.39, 0.29) is 18.9 Å². The van der Waals surface area contributed by atoms with Crippen molar-refractivity contribution in [3.63, 3.8) is 0 Å². The quantitative estimate of drug-likeness (QED) is 0.0908. The number of pyridine rings is 1. The van der Waals surface area contributed by atoms with Crippen molar-refractivity contribution in [3.05, 3.63) is 106 Å². The van der Waals surface area contributed by atoms with Gasteiger partial charge in [-0.05, 0) is 60.3 Å². The number of nitrogens with one attached hydrogen (secondary N) is 3. The number of benzene rings is 2. The van der Waals surface area contributed by atoms with Crippen LogP contribution in [-0.2, 0) is 29.0 Å². The van der Waals surface area contributed by atoms with E-state index in [1.54, 1.807) is 36.8 Å². The fourth-order valence-electron chi connectivity index (χ4n) is 7.44. The van der Waals surface area contributed by atoms with Gasteiger partial charge in [-0.2, -0.15) is 0 Å². The summed E-state index contributed by atoms with van der Waals surface area (Å²) in [5.74, 6) is -0.921. The predicted octanol–water partition coefficient (Wildman–Crippen LogP) is 6.05. The molecule has 1 saturated heterocycles. The first-order valence-corrected chi connectivity index (χ1v) is 20.6. The second kappa shape index (κ2) is 18.9. The number of hydrogen-bond acceptors (Lipinski definition) is 8. The van der Waals surface area contributed by atoms with Crippen LogP contribution in [0.2, 0.25) is 0 Å². The maximum Gasteiger partial charge on any atom is 0.405 e. The molecule has 1 aliphatic heterocycles. The highest BCUT2D eigenvalue weighted by molar-refractivity contribution is 7.09. The molecule has 5 rings (SSSR count). The Hall–Kier alpha value is -5.34. The molecule has 0 saturated carbocycles. The molecule has 1 aliphatic rings. The van der Waals surface area contributed by atoms with Crippen molar-refractivity contribution in [2.75, 3.05) is 13.1 Å². The first kappa shape index (κ1) is 43.8. The number of amides is 5. The number of rotatable bonds is 16. The van der Waals surface area contributed by atoms with Crippen molar-refractivity contribution >= 4 is 35.3 Å². The third-order valence-corrected chi connectivity index (χ3v) is 11.1. The zero-order valence-electron chi connectivity index (χ0n) is 34.4. The van der Waals surface area contributed by atoms with Crippen molar-refractivity contribution < 1.29 is 29.4 Å². The molecule has 4 aromatic rings. The van der Waals surface area contributed by atoms with Crippen molar-refractivity contribution in [3.8, 4) is 11.3 Å². The van der Waals surface area contributed by atoms with Crippen LogP contribution in [0.4, 0.5) is 9.59 Å². The lowest BCUT2D eigenvalue weighted by Gasteiger charge is -2.38. The molecule has 58 heavy (non-hydrogen) atoms. The van der Waals surface area contributed by atoms with Crippen LogP contribution in [0.25, 0.3) is 11.3 Å². The van der Waals surface area contributed by atoms with E-state index in [0.717, 1.165) is 33.1 Å². The number of carbonyl (C=O) groups excluding carboxylic acids is 3. The second-order valence-electron chi connectivity index (χ2n) is 17.2. The molecule has 14 heteroatoms. The molecule has 0 radical (unpaired) electrons. The maximum absolute atomic E-state index is 14.5. The standard InChI is InChI=1S/C44H57N7O6S/c1-28-46-33(27-58-28)26-50-21-22-51(42(50)57)38(44(5,6)7)40(54)48-35(24-29-13-9-8-10-14-29)36(52)25-32(47-39(53)37(43(2,3)4)49-41(55)56)23-30-16-18-31(19-17-30)34-15-11-12-20-45-34/h8-20,27,32,35-38,49,52H,21-26H2,1-7H3,(H,47,53)(H,48,54)(H,55,56)/t32-,35-,36-,37+,38+/m0/s1. The lowest BCUT2D eigenvalue weighted by Crippen LogP contribution is -2.59. The summed E-state index contributed by atoms with van der Waals surface area (Å²) in [5.41, 5.74) is 2.87. The van der Waals surface area contributed by atoms with E-state index in [9.17, 15) is 29.4 Å². The van der Waals surface area contributed by atoms with Gasteiger partial charge in [-0.1, -0.05) is 102 Å². The van der Waals surface area contributed by atoms with Crippen LogP contribution in [0, 0.1) is 17.8 Å². The highest BCUT2D eigenvalue weighted by Crippen LogP contribution is 2.30. The van der Waals surface area contributed by atoms with E-state index in [2.05, 4.69) is 25.9 Å². The molecular weight excluding hydrogens is 755 g/mol. The first-order valence-electron chi connectivity index (χ1n) is 19.7. The van der Waals surface area contributed by atoms with Gasteiger partial charge in [0.25, 0.3) is 0 Å². The van der Waals surface area contributed by atoms with E-state index in [1.165, 1.54) is 11.3 Å².